The summed E-state index contributed by atoms with van der Waals surface area (Å²) in [5.41, 5.74) is 4.92. The van der Waals surface area contributed by atoms with Crippen molar-refractivity contribution >= 4 is 38.6 Å². The van der Waals surface area contributed by atoms with E-state index >= 15 is 0 Å². The molecule has 128 valence electrons. The van der Waals surface area contributed by atoms with E-state index in [1.54, 1.807) is 16.8 Å². The Bertz CT molecular complexity index is 922. The molecule has 3 rings (SSSR count). The molecule has 1 N–H and O–H groups in total. The Kier molecular flexibility index (Phi) is 5.39. The van der Waals surface area contributed by atoms with Gasteiger partial charge < -0.3 is 4.74 Å². The topological polar surface area (TPSA) is 81.4 Å². The van der Waals surface area contributed by atoms with Crippen molar-refractivity contribution in [2.75, 3.05) is 6.61 Å². The minimum absolute atomic E-state index is 0.112. The third-order valence-electron chi connectivity index (χ3n) is 3.34. The Morgan fingerprint density at radius 1 is 1.28 bits per heavy atom. The van der Waals surface area contributed by atoms with Crippen LogP contribution in [0.3, 0.4) is 0 Å². The average Bonchev–Trinajstić information content (AvgIpc) is 3.01. The van der Waals surface area contributed by atoms with Gasteiger partial charge in [0.05, 0.1) is 17.8 Å². The molecule has 2 aromatic carbocycles. The Labute approximate surface area is 152 Å². The van der Waals surface area contributed by atoms with Crippen LogP contribution in [0.1, 0.15) is 6.92 Å². The first-order chi connectivity index (χ1) is 12.1. The summed E-state index contributed by atoms with van der Waals surface area (Å²) < 4.78 is 8.03. The summed E-state index contributed by atoms with van der Waals surface area (Å²) in [5.74, 6) is 0.280. The number of aromatic nitrogens is 3. The van der Waals surface area contributed by atoms with Crippen molar-refractivity contribution in [2.24, 2.45) is 5.10 Å². The number of nitrogens with zero attached hydrogens (tertiary/aromatic N) is 4. The molecule has 0 spiro atoms. The van der Waals surface area contributed by atoms with Gasteiger partial charge in [-0.3, -0.25) is 4.79 Å². The van der Waals surface area contributed by atoms with E-state index in [0.29, 0.717) is 18.0 Å². The molecular weight excluding hydrogens is 386 g/mol. The number of rotatable bonds is 6. The van der Waals surface area contributed by atoms with Gasteiger partial charge in [-0.25, -0.2) is 10.1 Å². The van der Waals surface area contributed by atoms with Crippen LogP contribution in [0.4, 0.5) is 0 Å². The average molecular weight is 402 g/mol. The molecule has 0 radical (unpaired) electrons. The molecule has 0 aliphatic carbocycles. The number of hydrogen-bond donors (Lipinski definition) is 1. The zero-order valence-electron chi connectivity index (χ0n) is 13.5. The molecule has 0 aliphatic rings. The van der Waals surface area contributed by atoms with Crippen LogP contribution < -0.4 is 10.2 Å². The largest absolute Gasteiger partial charge is 0.484 e. The lowest BCUT2D eigenvalue weighted by atomic mass is 10.3. The lowest BCUT2D eigenvalue weighted by Gasteiger charge is -2.06. The third kappa shape index (κ3) is 4.63. The maximum atomic E-state index is 11.8. The Hall–Kier alpha value is -2.74. The van der Waals surface area contributed by atoms with Crippen LogP contribution in [0.5, 0.6) is 5.75 Å². The number of carbonyl (C=O) groups excluding carboxylic acids is 1. The van der Waals surface area contributed by atoms with Crippen molar-refractivity contribution < 1.29 is 9.53 Å². The molecule has 0 bridgehead atoms. The van der Waals surface area contributed by atoms with Crippen LogP contribution in [0, 0.1) is 0 Å². The monoisotopic (exact) mass is 401 g/mol. The second-order valence-corrected chi connectivity index (χ2v) is 6.28. The Balaban J connectivity index is 1.53. The fourth-order valence-electron chi connectivity index (χ4n) is 2.18. The van der Waals surface area contributed by atoms with E-state index < -0.39 is 0 Å². The standard InChI is InChI=1S/C17H16BrN5O2/c1-12(10-23-16-8-3-2-7-15(16)20-22-23)19-21-17(24)11-25-14-6-4-5-13(18)9-14/h2-9H,10-11H2,1H3,(H,21,24)/b19-12-. The summed E-state index contributed by atoms with van der Waals surface area (Å²) in [6.45, 7) is 2.14. The van der Waals surface area contributed by atoms with Crippen LogP contribution in [-0.2, 0) is 11.3 Å². The van der Waals surface area contributed by atoms with Crippen LogP contribution in [0.2, 0.25) is 0 Å². The van der Waals surface area contributed by atoms with Crippen molar-refractivity contribution in [1.29, 1.82) is 0 Å². The highest BCUT2D eigenvalue weighted by Gasteiger charge is 2.06. The quantitative estimate of drug-likeness (QED) is 0.508. The van der Waals surface area contributed by atoms with Gasteiger partial charge in [-0.2, -0.15) is 5.10 Å². The molecule has 1 aromatic heterocycles. The highest BCUT2D eigenvalue weighted by atomic mass is 79.9. The minimum Gasteiger partial charge on any atom is -0.484 e. The van der Waals surface area contributed by atoms with Gasteiger partial charge in [-0.05, 0) is 37.3 Å². The molecule has 0 aliphatic heterocycles. The van der Waals surface area contributed by atoms with E-state index in [1.807, 2.05) is 43.3 Å². The zero-order chi connectivity index (χ0) is 17.6. The molecule has 25 heavy (non-hydrogen) atoms. The van der Waals surface area contributed by atoms with Crippen molar-refractivity contribution in [2.45, 2.75) is 13.5 Å². The zero-order valence-corrected chi connectivity index (χ0v) is 15.1. The molecule has 0 saturated carbocycles. The van der Waals surface area contributed by atoms with Gasteiger partial charge in [0.25, 0.3) is 5.91 Å². The summed E-state index contributed by atoms with van der Waals surface area (Å²) >= 11 is 3.35. The molecule has 7 nitrogen and oxygen atoms in total. The number of amides is 1. The lowest BCUT2D eigenvalue weighted by Crippen LogP contribution is -2.26. The second kappa shape index (κ2) is 7.89. The Morgan fingerprint density at radius 2 is 2.12 bits per heavy atom. The minimum atomic E-state index is -0.331. The van der Waals surface area contributed by atoms with Crippen LogP contribution >= 0.6 is 15.9 Å². The molecule has 0 unspecified atom stereocenters. The maximum absolute atomic E-state index is 11.8. The highest BCUT2D eigenvalue weighted by Crippen LogP contribution is 2.17. The van der Waals surface area contributed by atoms with Crippen LogP contribution in [-0.4, -0.2) is 33.2 Å². The van der Waals surface area contributed by atoms with Crippen molar-refractivity contribution in [1.82, 2.24) is 20.4 Å². The molecule has 1 heterocycles. The highest BCUT2D eigenvalue weighted by molar-refractivity contribution is 9.10. The number of halogens is 1. The SMILES string of the molecule is C/C(Cn1nnc2ccccc21)=N/NC(=O)COc1cccc(Br)c1. The van der Waals surface area contributed by atoms with Gasteiger partial charge in [-0.1, -0.05) is 39.3 Å². The smallest absolute Gasteiger partial charge is 0.277 e. The predicted molar refractivity (Wildman–Crippen MR) is 98.4 cm³/mol. The van der Waals surface area contributed by atoms with E-state index in [1.165, 1.54) is 0 Å². The molecule has 8 heteroatoms. The predicted octanol–water partition coefficient (Wildman–Crippen LogP) is 2.76. The Morgan fingerprint density at radius 3 is 2.96 bits per heavy atom. The lowest BCUT2D eigenvalue weighted by molar-refractivity contribution is -0.123. The summed E-state index contributed by atoms with van der Waals surface area (Å²) in [5, 5.41) is 12.2. The number of para-hydroxylation sites is 1. The molecular formula is C17H16BrN5O2. The third-order valence-corrected chi connectivity index (χ3v) is 3.83. The van der Waals surface area contributed by atoms with Gasteiger partial charge in [0.1, 0.15) is 11.3 Å². The maximum Gasteiger partial charge on any atom is 0.277 e. The summed E-state index contributed by atoms with van der Waals surface area (Å²) in [6, 6.07) is 15.0. The molecule has 0 saturated heterocycles. The van der Waals surface area contributed by atoms with Crippen molar-refractivity contribution in [3.8, 4) is 5.75 Å². The summed E-state index contributed by atoms with van der Waals surface area (Å²) in [4.78, 5) is 11.8. The van der Waals surface area contributed by atoms with E-state index in [9.17, 15) is 4.79 Å². The first-order valence-corrected chi connectivity index (χ1v) is 8.40. The molecule has 0 atom stereocenters. The van der Waals surface area contributed by atoms with Crippen molar-refractivity contribution in [3.05, 3.63) is 53.0 Å². The normalized spacial score (nSPS) is 11.5. The van der Waals surface area contributed by atoms with E-state index in [-0.39, 0.29) is 12.5 Å². The van der Waals surface area contributed by atoms with Gasteiger partial charge in [0, 0.05) is 4.47 Å². The van der Waals surface area contributed by atoms with Gasteiger partial charge in [0.2, 0.25) is 0 Å². The number of fused-ring (bicyclic) bond motifs is 1. The number of hydrazone groups is 1. The summed E-state index contributed by atoms with van der Waals surface area (Å²) in [7, 11) is 0. The molecule has 3 aromatic rings. The number of carbonyl (C=O) groups is 1. The van der Waals surface area contributed by atoms with Crippen molar-refractivity contribution in [3.63, 3.8) is 0 Å². The molecule has 1 amide bonds. The van der Waals surface area contributed by atoms with E-state index in [0.717, 1.165) is 15.5 Å². The first-order valence-electron chi connectivity index (χ1n) is 7.60. The van der Waals surface area contributed by atoms with Crippen LogP contribution in [0.25, 0.3) is 11.0 Å². The van der Waals surface area contributed by atoms with Crippen LogP contribution in [0.15, 0.2) is 58.1 Å². The molecule has 0 fully saturated rings. The number of hydrogen-bond acceptors (Lipinski definition) is 5. The first kappa shape index (κ1) is 17.1. The number of ether oxygens (including phenoxy) is 1. The van der Waals surface area contributed by atoms with Gasteiger partial charge in [-0.15, -0.1) is 5.10 Å². The van der Waals surface area contributed by atoms with E-state index in [2.05, 4.69) is 36.8 Å². The number of nitrogens with one attached hydrogen (secondary N) is 1. The fraction of sp³-hybridized carbons (Fsp3) is 0.176. The fourth-order valence-corrected chi connectivity index (χ4v) is 2.56. The number of benzene rings is 2. The second-order valence-electron chi connectivity index (χ2n) is 5.36. The van der Waals surface area contributed by atoms with Gasteiger partial charge >= 0.3 is 0 Å². The summed E-state index contributed by atoms with van der Waals surface area (Å²) in [6.07, 6.45) is 0. The van der Waals surface area contributed by atoms with Gasteiger partial charge in [0.15, 0.2) is 6.61 Å². The van der Waals surface area contributed by atoms with E-state index in [4.69, 9.17) is 4.74 Å².